The van der Waals surface area contributed by atoms with Crippen LogP contribution in [-0.2, 0) is 6.54 Å². The number of rotatable bonds is 4. The van der Waals surface area contributed by atoms with Gasteiger partial charge in [0.1, 0.15) is 5.82 Å². The molecule has 0 bridgehead atoms. The third-order valence-electron chi connectivity index (χ3n) is 4.09. The maximum atomic E-state index is 5.78. The average molecular weight is 322 g/mol. The van der Waals surface area contributed by atoms with Gasteiger partial charge in [-0.3, -0.25) is 9.88 Å². The maximum absolute atomic E-state index is 5.78. The first-order chi connectivity index (χ1) is 11.9. The third-order valence-corrected chi connectivity index (χ3v) is 4.09. The Morgan fingerprint density at radius 1 is 0.958 bits per heavy atom. The minimum Gasteiger partial charge on any atom is -0.419 e. The van der Waals surface area contributed by atoms with Crippen molar-refractivity contribution in [2.75, 3.05) is 31.1 Å². The minimum absolute atomic E-state index is 0.573. The number of aromatic nitrogens is 4. The Morgan fingerprint density at radius 2 is 1.79 bits per heavy atom. The average Bonchev–Trinajstić information content (AvgIpc) is 3.12. The second-order valence-corrected chi connectivity index (χ2v) is 5.69. The summed E-state index contributed by atoms with van der Waals surface area (Å²) in [4.78, 5) is 13.0. The van der Waals surface area contributed by atoms with E-state index in [4.69, 9.17) is 4.42 Å². The van der Waals surface area contributed by atoms with Crippen molar-refractivity contribution >= 4 is 5.82 Å². The van der Waals surface area contributed by atoms with E-state index in [2.05, 4.69) is 30.0 Å². The molecule has 0 amide bonds. The van der Waals surface area contributed by atoms with Gasteiger partial charge in [0.25, 0.3) is 0 Å². The molecule has 0 atom stereocenters. The molecule has 2 aromatic heterocycles. The van der Waals surface area contributed by atoms with E-state index in [0.29, 0.717) is 18.3 Å². The molecule has 1 fully saturated rings. The van der Waals surface area contributed by atoms with Crippen molar-refractivity contribution in [1.82, 2.24) is 25.1 Å². The summed E-state index contributed by atoms with van der Waals surface area (Å²) in [6, 6.07) is 9.83. The number of benzene rings is 1. The first kappa shape index (κ1) is 14.8. The van der Waals surface area contributed by atoms with Crippen molar-refractivity contribution in [3.8, 4) is 11.5 Å². The largest absolute Gasteiger partial charge is 0.419 e. The molecule has 0 aliphatic carbocycles. The van der Waals surface area contributed by atoms with Crippen molar-refractivity contribution < 1.29 is 4.42 Å². The maximum Gasteiger partial charge on any atom is 0.247 e. The third kappa shape index (κ3) is 3.26. The number of nitrogens with zero attached hydrogens (tertiary/aromatic N) is 6. The molecule has 7 heteroatoms. The van der Waals surface area contributed by atoms with E-state index < -0.39 is 0 Å². The Balaban J connectivity index is 1.35. The summed E-state index contributed by atoms with van der Waals surface area (Å²) < 4.78 is 5.78. The van der Waals surface area contributed by atoms with Crippen molar-refractivity contribution in [1.29, 1.82) is 0 Å². The van der Waals surface area contributed by atoms with E-state index in [9.17, 15) is 0 Å². The normalized spacial score (nSPS) is 15.6. The molecule has 1 aromatic carbocycles. The molecule has 0 spiro atoms. The summed E-state index contributed by atoms with van der Waals surface area (Å²) in [5.41, 5.74) is 0.948. The molecule has 1 aliphatic rings. The van der Waals surface area contributed by atoms with Gasteiger partial charge in [0.15, 0.2) is 0 Å². The second kappa shape index (κ2) is 6.76. The number of anilines is 1. The molecule has 4 rings (SSSR count). The zero-order valence-corrected chi connectivity index (χ0v) is 13.2. The second-order valence-electron chi connectivity index (χ2n) is 5.69. The quantitative estimate of drug-likeness (QED) is 0.726. The Hall–Kier alpha value is -2.80. The van der Waals surface area contributed by atoms with Gasteiger partial charge in [0.05, 0.1) is 12.7 Å². The van der Waals surface area contributed by atoms with Crippen LogP contribution in [0.15, 0.2) is 53.3 Å². The standard InChI is InChI=1S/C17H18N6O/c1-2-4-14(5-3-1)17-21-20-16(24-17)13-22-8-10-23(11-9-22)15-12-18-6-7-19-15/h1-7,12H,8-11,13H2. The van der Waals surface area contributed by atoms with Crippen LogP contribution in [0, 0.1) is 0 Å². The minimum atomic E-state index is 0.573. The van der Waals surface area contributed by atoms with Crippen molar-refractivity contribution in [2.24, 2.45) is 0 Å². The summed E-state index contributed by atoms with van der Waals surface area (Å²) in [7, 11) is 0. The monoisotopic (exact) mass is 322 g/mol. The van der Waals surface area contributed by atoms with Crippen molar-refractivity contribution in [3.05, 3.63) is 54.8 Å². The van der Waals surface area contributed by atoms with Crippen LogP contribution in [-0.4, -0.2) is 51.2 Å². The Labute approximate surface area is 140 Å². The predicted octanol–water partition coefficient (Wildman–Crippen LogP) is 1.85. The Kier molecular flexibility index (Phi) is 4.16. The van der Waals surface area contributed by atoms with Gasteiger partial charge in [0.2, 0.25) is 11.8 Å². The van der Waals surface area contributed by atoms with Crippen LogP contribution in [0.5, 0.6) is 0 Å². The van der Waals surface area contributed by atoms with E-state index in [0.717, 1.165) is 37.6 Å². The Morgan fingerprint density at radius 3 is 2.54 bits per heavy atom. The summed E-state index contributed by atoms with van der Waals surface area (Å²) in [6.07, 6.45) is 5.23. The van der Waals surface area contributed by atoms with E-state index in [-0.39, 0.29) is 0 Å². The van der Waals surface area contributed by atoms with E-state index in [1.165, 1.54) is 0 Å². The number of hydrogen-bond donors (Lipinski definition) is 0. The smallest absolute Gasteiger partial charge is 0.247 e. The molecule has 7 nitrogen and oxygen atoms in total. The molecule has 3 aromatic rings. The fourth-order valence-corrected chi connectivity index (χ4v) is 2.80. The lowest BCUT2D eigenvalue weighted by Crippen LogP contribution is -2.46. The van der Waals surface area contributed by atoms with Gasteiger partial charge >= 0.3 is 0 Å². The van der Waals surface area contributed by atoms with E-state index in [1.807, 2.05) is 30.3 Å². The summed E-state index contributed by atoms with van der Waals surface area (Å²) in [5.74, 6) is 2.16. The molecule has 24 heavy (non-hydrogen) atoms. The van der Waals surface area contributed by atoms with Crippen molar-refractivity contribution in [3.63, 3.8) is 0 Å². The van der Waals surface area contributed by atoms with Crippen LogP contribution < -0.4 is 4.90 Å². The first-order valence-electron chi connectivity index (χ1n) is 7.99. The van der Waals surface area contributed by atoms with Crippen LogP contribution >= 0.6 is 0 Å². The lowest BCUT2D eigenvalue weighted by molar-refractivity contribution is 0.226. The first-order valence-corrected chi connectivity index (χ1v) is 7.99. The fourth-order valence-electron chi connectivity index (χ4n) is 2.80. The van der Waals surface area contributed by atoms with E-state index >= 15 is 0 Å². The molecule has 0 radical (unpaired) electrons. The fraction of sp³-hybridized carbons (Fsp3) is 0.294. The summed E-state index contributed by atoms with van der Waals surface area (Å²) in [6.45, 7) is 4.37. The molecule has 0 unspecified atom stereocenters. The van der Waals surface area contributed by atoms with Crippen LogP contribution in [0.1, 0.15) is 5.89 Å². The summed E-state index contributed by atoms with van der Waals surface area (Å²) >= 11 is 0. The van der Waals surface area contributed by atoms with Gasteiger partial charge in [-0.05, 0) is 12.1 Å². The molecule has 0 saturated carbocycles. The highest BCUT2D eigenvalue weighted by Gasteiger charge is 2.20. The highest BCUT2D eigenvalue weighted by molar-refractivity contribution is 5.51. The van der Waals surface area contributed by atoms with Crippen LogP contribution in [0.2, 0.25) is 0 Å². The van der Waals surface area contributed by atoms with Crippen molar-refractivity contribution in [2.45, 2.75) is 6.54 Å². The summed E-state index contributed by atoms with van der Waals surface area (Å²) in [5, 5.41) is 8.31. The van der Waals surface area contributed by atoms with Crippen LogP contribution in [0.25, 0.3) is 11.5 Å². The Bertz CT molecular complexity index is 768. The molecule has 3 heterocycles. The van der Waals surface area contributed by atoms with Gasteiger partial charge < -0.3 is 9.32 Å². The lowest BCUT2D eigenvalue weighted by Gasteiger charge is -2.34. The molecular formula is C17H18N6O. The zero-order chi connectivity index (χ0) is 16.2. The lowest BCUT2D eigenvalue weighted by atomic mass is 10.2. The predicted molar refractivity (Wildman–Crippen MR) is 89.3 cm³/mol. The zero-order valence-electron chi connectivity index (χ0n) is 13.2. The topological polar surface area (TPSA) is 71.2 Å². The van der Waals surface area contributed by atoms with Gasteiger partial charge in [0, 0.05) is 44.1 Å². The van der Waals surface area contributed by atoms with Gasteiger partial charge in [-0.1, -0.05) is 18.2 Å². The number of piperazine rings is 1. The van der Waals surface area contributed by atoms with Crippen LogP contribution in [0.3, 0.4) is 0 Å². The molecule has 0 N–H and O–H groups in total. The molecule has 1 saturated heterocycles. The SMILES string of the molecule is c1ccc(-c2nnc(CN3CCN(c4cnccn4)CC3)o2)cc1. The van der Waals surface area contributed by atoms with Gasteiger partial charge in [-0.15, -0.1) is 10.2 Å². The highest BCUT2D eigenvalue weighted by atomic mass is 16.4. The highest BCUT2D eigenvalue weighted by Crippen LogP contribution is 2.18. The molecule has 1 aliphatic heterocycles. The van der Waals surface area contributed by atoms with Gasteiger partial charge in [-0.25, -0.2) is 4.98 Å². The number of hydrogen-bond acceptors (Lipinski definition) is 7. The van der Waals surface area contributed by atoms with E-state index in [1.54, 1.807) is 18.6 Å². The van der Waals surface area contributed by atoms with Crippen LogP contribution in [0.4, 0.5) is 5.82 Å². The molecule has 122 valence electrons. The van der Waals surface area contributed by atoms with Gasteiger partial charge in [-0.2, -0.15) is 0 Å². The molecular weight excluding hydrogens is 304 g/mol.